The Kier molecular flexibility index (Phi) is 6.24. The molecule has 0 unspecified atom stereocenters. The molecule has 0 spiro atoms. The van der Waals surface area contributed by atoms with Crippen molar-refractivity contribution < 1.29 is 4.79 Å². The summed E-state index contributed by atoms with van der Waals surface area (Å²) in [5.74, 6) is 0.438. The standard InChI is InChI=1S/C22H22N8O/c23-11-4-12-24-22(31)17-9-7-16(8-10-17)13-27-29-20-19-14-28-30(21(19)26-15-25-20)18-5-2-1-3-6-18/h1-3,5-10,13-15H,4,11-12,23H2,(H,24,31)(H,25,26,29). The number of amides is 1. The van der Waals surface area contributed by atoms with Crippen LogP contribution in [0.3, 0.4) is 0 Å². The molecule has 0 saturated heterocycles. The lowest BCUT2D eigenvalue weighted by Gasteiger charge is -2.04. The van der Waals surface area contributed by atoms with Gasteiger partial charge in [-0.05, 0) is 42.8 Å². The predicted octanol–water partition coefficient (Wildman–Crippen LogP) is 2.34. The van der Waals surface area contributed by atoms with Gasteiger partial charge in [0.15, 0.2) is 11.5 Å². The van der Waals surface area contributed by atoms with E-state index in [1.807, 2.05) is 42.5 Å². The minimum atomic E-state index is -0.117. The Labute approximate surface area is 179 Å². The number of hydrazone groups is 1. The molecule has 0 aliphatic rings. The summed E-state index contributed by atoms with van der Waals surface area (Å²) in [5, 5.41) is 12.3. The van der Waals surface area contributed by atoms with Gasteiger partial charge in [-0.15, -0.1) is 0 Å². The summed E-state index contributed by atoms with van der Waals surface area (Å²) in [5.41, 5.74) is 11.4. The third kappa shape index (κ3) is 4.73. The second kappa shape index (κ2) is 9.59. The van der Waals surface area contributed by atoms with Crippen molar-refractivity contribution in [1.82, 2.24) is 25.1 Å². The van der Waals surface area contributed by atoms with Crippen LogP contribution in [0.4, 0.5) is 5.82 Å². The monoisotopic (exact) mass is 414 g/mol. The molecule has 4 rings (SSSR count). The van der Waals surface area contributed by atoms with Gasteiger partial charge in [-0.3, -0.25) is 10.2 Å². The Hall–Kier alpha value is -4.11. The first-order chi connectivity index (χ1) is 15.3. The van der Waals surface area contributed by atoms with E-state index in [2.05, 4.69) is 30.9 Å². The molecule has 0 radical (unpaired) electrons. The van der Waals surface area contributed by atoms with Gasteiger partial charge in [-0.1, -0.05) is 30.3 Å². The van der Waals surface area contributed by atoms with Crippen molar-refractivity contribution in [2.24, 2.45) is 10.8 Å². The van der Waals surface area contributed by atoms with Crippen molar-refractivity contribution in [1.29, 1.82) is 0 Å². The molecule has 2 heterocycles. The van der Waals surface area contributed by atoms with Crippen molar-refractivity contribution in [3.05, 3.63) is 78.2 Å². The summed E-state index contributed by atoms with van der Waals surface area (Å²) in [4.78, 5) is 20.7. The second-order valence-electron chi connectivity index (χ2n) is 6.74. The van der Waals surface area contributed by atoms with Crippen LogP contribution in [-0.2, 0) is 0 Å². The number of para-hydroxylation sites is 1. The summed E-state index contributed by atoms with van der Waals surface area (Å²) in [6.45, 7) is 1.12. The maximum atomic E-state index is 12.0. The number of rotatable bonds is 8. The van der Waals surface area contributed by atoms with E-state index in [0.29, 0.717) is 30.1 Å². The molecule has 0 bridgehead atoms. The lowest BCUT2D eigenvalue weighted by atomic mass is 10.1. The Morgan fingerprint density at radius 3 is 2.68 bits per heavy atom. The molecule has 2 aromatic carbocycles. The summed E-state index contributed by atoms with van der Waals surface area (Å²) in [6, 6.07) is 16.9. The molecule has 1 amide bonds. The molecule has 0 aliphatic heterocycles. The Balaban J connectivity index is 1.44. The molecule has 31 heavy (non-hydrogen) atoms. The van der Waals surface area contributed by atoms with Crippen LogP contribution in [0.15, 0.2) is 72.2 Å². The minimum Gasteiger partial charge on any atom is -0.352 e. The topological polar surface area (TPSA) is 123 Å². The largest absolute Gasteiger partial charge is 0.352 e. The van der Waals surface area contributed by atoms with Crippen LogP contribution in [-0.4, -0.2) is 45.0 Å². The highest BCUT2D eigenvalue weighted by molar-refractivity contribution is 5.95. The quantitative estimate of drug-likeness (QED) is 0.231. The van der Waals surface area contributed by atoms with Crippen molar-refractivity contribution in [2.45, 2.75) is 6.42 Å². The van der Waals surface area contributed by atoms with Crippen molar-refractivity contribution in [3.63, 3.8) is 0 Å². The highest BCUT2D eigenvalue weighted by Gasteiger charge is 2.10. The third-order valence-electron chi connectivity index (χ3n) is 4.59. The fraction of sp³-hybridized carbons (Fsp3) is 0.136. The maximum Gasteiger partial charge on any atom is 0.251 e. The Morgan fingerprint density at radius 1 is 1.10 bits per heavy atom. The summed E-state index contributed by atoms with van der Waals surface area (Å²) in [6.07, 6.45) is 5.59. The number of aromatic nitrogens is 4. The van der Waals surface area contributed by atoms with E-state index in [4.69, 9.17) is 5.73 Å². The first-order valence-corrected chi connectivity index (χ1v) is 9.88. The molecule has 0 fully saturated rings. The lowest BCUT2D eigenvalue weighted by Crippen LogP contribution is -2.25. The van der Waals surface area contributed by atoms with Crippen LogP contribution in [0, 0.1) is 0 Å². The van der Waals surface area contributed by atoms with Gasteiger partial charge in [0, 0.05) is 12.1 Å². The molecule has 9 nitrogen and oxygen atoms in total. The highest BCUT2D eigenvalue weighted by Crippen LogP contribution is 2.21. The number of anilines is 1. The molecule has 2 aromatic heterocycles. The molecule has 0 atom stereocenters. The fourth-order valence-corrected chi connectivity index (χ4v) is 2.99. The number of benzene rings is 2. The van der Waals surface area contributed by atoms with Crippen LogP contribution in [0.2, 0.25) is 0 Å². The van der Waals surface area contributed by atoms with E-state index < -0.39 is 0 Å². The van der Waals surface area contributed by atoms with E-state index in [0.717, 1.165) is 23.1 Å². The van der Waals surface area contributed by atoms with E-state index in [1.54, 1.807) is 29.2 Å². The van der Waals surface area contributed by atoms with Crippen LogP contribution in [0.5, 0.6) is 0 Å². The molecule has 0 saturated carbocycles. The second-order valence-corrected chi connectivity index (χ2v) is 6.74. The zero-order valence-electron chi connectivity index (χ0n) is 16.8. The molecule has 4 N–H and O–H groups in total. The molecule has 156 valence electrons. The zero-order chi connectivity index (χ0) is 21.5. The normalized spacial score (nSPS) is 11.1. The molecular formula is C22H22N8O. The van der Waals surface area contributed by atoms with E-state index in [1.165, 1.54) is 6.33 Å². The van der Waals surface area contributed by atoms with Gasteiger partial charge in [0.1, 0.15) is 6.33 Å². The number of carbonyl (C=O) groups excluding carboxylic acids is 1. The number of carbonyl (C=O) groups is 1. The smallest absolute Gasteiger partial charge is 0.251 e. The van der Waals surface area contributed by atoms with Crippen LogP contribution >= 0.6 is 0 Å². The van der Waals surface area contributed by atoms with E-state index in [-0.39, 0.29) is 5.91 Å². The van der Waals surface area contributed by atoms with Crippen molar-refractivity contribution in [2.75, 3.05) is 18.5 Å². The summed E-state index contributed by atoms with van der Waals surface area (Å²) < 4.78 is 1.75. The van der Waals surface area contributed by atoms with Gasteiger partial charge in [0.2, 0.25) is 0 Å². The Morgan fingerprint density at radius 2 is 1.90 bits per heavy atom. The van der Waals surface area contributed by atoms with Gasteiger partial charge in [0.05, 0.1) is 23.5 Å². The number of hydrogen-bond acceptors (Lipinski definition) is 7. The van der Waals surface area contributed by atoms with Crippen molar-refractivity contribution in [3.8, 4) is 5.69 Å². The van der Waals surface area contributed by atoms with E-state index >= 15 is 0 Å². The van der Waals surface area contributed by atoms with Crippen LogP contribution < -0.4 is 16.5 Å². The lowest BCUT2D eigenvalue weighted by molar-refractivity contribution is 0.0953. The zero-order valence-corrected chi connectivity index (χ0v) is 16.8. The number of fused-ring (bicyclic) bond motifs is 1. The average Bonchev–Trinajstić information content (AvgIpc) is 3.25. The highest BCUT2D eigenvalue weighted by atomic mass is 16.1. The van der Waals surface area contributed by atoms with E-state index in [9.17, 15) is 4.79 Å². The van der Waals surface area contributed by atoms with Gasteiger partial charge in [-0.2, -0.15) is 10.2 Å². The van der Waals surface area contributed by atoms with Gasteiger partial charge >= 0.3 is 0 Å². The first kappa shape index (κ1) is 20.2. The van der Waals surface area contributed by atoms with Crippen LogP contribution in [0.1, 0.15) is 22.3 Å². The summed E-state index contributed by atoms with van der Waals surface area (Å²) in [7, 11) is 0. The van der Waals surface area contributed by atoms with Crippen molar-refractivity contribution >= 4 is 29.0 Å². The average molecular weight is 414 g/mol. The number of hydrogen-bond donors (Lipinski definition) is 3. The molecule has 0 aliphatic carbocycles. The molecule has 9 heteroatoms. The number of nitrogens with two attached hydrogens (primary N) is 1. The maximum absolute atomic E-state index is 12.0. The minimum absolute atomic E-state index is 0.117. The first-order valence-electron chi connectivity index (χ1n) is 9.88. The number of nitrogens with zero attached hydrogens (tertiary/aromatic N) is 5. The summed E-state index contributed by atoms with van der Waals surface area (Å²) >= 11 is 0. The van der Waals surface area contributed by atoms with Crippen LogP contribution in [0.25, 0.3) is 16.7 Å². The number of nitrogens with one attached hydrogen (secondary N) is 2. The predicted molar refractivity (Wildman–Crippen MR) is 120 cm³/mol. The Bertz CT molecular complexity index is 1190. The third-order valence-corrected chi connectivity index (χ3v) is 4.59. The van der Waals surface area contributed by atoms with Gasteiger partial charge in [-0.25, -0.2) is 14.6 Å². The van der Waals surface area contributed by atoms with Gasteiger partial charge < -0.3 is 11.1 Å². The molecular weight excluding hydrogens is 392 g/mol. The molecule has 4 aromatic rings. The fourth-order valence-electron chi connectivity index (χ4n) is 2.99. The van der Waals surface area contributed by atoms with Gasteiger partial charge in [0.25, 0.3) is 5.91 Å². The SMILES string of the molecule is NCCCNC(=O)c1ccc(C=NNc2ncnc3c2cnn3-c2ccccc2)cc1.